The van der Waals surface area contributed by atoms with Gasteiger partial charge in [-0.15, -0.1) is 0 Å². The van der Waals surface area contributed by atoms with Crippen molar-refractivity contribution in [1.82, 2.24) is 4.90 Å². The van der Waals surface area contributed by atoms with Crippen molar-refractivity contribution in [3.05, 3.63) is 29.6 Å². The van der Waals surface area contributed by atoms with Crippen LogP contribution in [-0.4, -0.2) is 31.6 Å². The molecule has 1 aromatic rings. The lowest BCUT2D eigenvalue weighted by atomic mass is 9.85. The lowest BCUT2D eigenvalue weighted by Crippen LogP contribution is -2.37. The lowest BCUT2D eigenvalue weighted by Gasteiger charge is -2.28. The first kappa shape index (κ1) is 16.9. The summed E-state index contributed by atoms with van der Waals surface area (Å²) in [4.78, 5) is 2.16. The van der Waals surface area contributed by atoms with Gasteiger partial charge in [0.25, 0.3) is 0 Å². The van der Waals surface area contributed by atoms with E-state index in [1.807, 2.05) is 13.1 Å². The summed E-state index contributed by atoms with van der Waals surface area (Å²) in [6.45, 7) is 8.05. The molecule has 1 atom stereocenters. The monoisotopic (exact) mass is 282 g/mol. The Balaban J connectivity index is 2.50. The van der Waals surface area contributed by atoms with E-state index < -0.39 is 0 Å². The molecule has 0 bridgehead atoms. The van der Waals surface area contributed by atoms with E-state index in [1.54, 1.807) is 6.07 Å². The summed E-state index contributed by atoms with van der Waals surface area (Å²) in [6, 6.07) is 5.25. The Kier molecular flexibility index (Phi) is 5.96. The van der Waals surface area contributed by atoms with Crippen molar-refractivity contribution >= 4 is 0 Å². The molecule has 0 fully saturated rings. The molecule has 3 nitrogen and oxygen atoms in total. The van der Waals surface area contributed by atoms with Crippen LogP contribution in [0, 0.1) is 11.2 Å². The van der Waals surface area contributed by atoms with Gasteiger partial charge in [-0.05, 0) is 43.1 Å². The molecule has 114 valence electrons. The molecular weight excluding hydrogens is 255 g/mol. The van der Waals surface area contributed by atoms with Gasteiger partial charge in [0.1, 0.15) is 0 Å². The van der Waals surface area contributed by atoms with E-state index in [0.717, 1.165) is 18.5 Å². The molecule has 2 N–H and O–H groups in total. The predicted octanol–water partition coefficient (Wildman–Crippen LogP) is 3.03. The zero-order valence-electron chi connectivity index (χ0n) is 13.2. The highest BCUT2D eigenvalue weighted by atomic mass is 19.1. The quantitative estimate of drug-likeness (QED) is 0.871. The number of nitrogens with zero attached hydrogens (tertiary/aromatic N) is 1. The summed E-state index contributed by atoms with van der Waals surface area (Å²) in [5.41, 5.74) is 7.21. The summed E-state index contributed by atoms with van der Waals surface area (Å²) >= 11 is 0. The fourth-order valence-electron chi connectivity index (χ4n) is 1.99. The smallest absolute Gasteiger partial charge is 0.165 e. The zero-order valence-corrected chi connectivity index (χ0v) is 13.2. The van der Waals surface area contributed by atoms with Gasteiger partial charge in [0.2, 0.25) is 0 Å². The van der Waals surface area contributed by atoms with Crippen LogP contribution in [0.5, 0.6) is 5.75 Å². The minimum Gasteiger partial charge on any atom is -0.494 e. The Hall–Kier alpha value is -1.13. The highest BCUT2D eigenvalue weighted by molar-refractivity contribution is 5.29. The molecular formula is C16H27FN2O. The molecule has 0 amide bonds. The number of benzene rings is 1. The van der Waals surface area contributed by atoms with E-state index in [9.17, 15) is 4.39 Å². The molecule has 0 spiro atoms. The van der Waals surface area contributed by atoms with E-state index in [1.165, 1.54) is 13.2 Å². The third-order valence-electron chi connectivity index (χ3n) is 3.60. The summed E-state index contributed by atoms with van der Waals surface area (Å²) in [6.07, 6.45) is 0.929. The van der Waals surface area contributed by atoms with Crippen LogP contribution in [0.15, 0.2) is 18.2 Å². The number of ether oxygens (including phenoxy) is 1. The third kappa shape index (κ3) is 5.10. The standard InChI is InChI=1S/C16H27FN2O/c1-16(2,3)15(18)8-9-19(4)11-12-6-7-14(20-5)13(17)10-12/h6-7,10,15H,8-9,11,18H2,1-5H3. The van der Waals surface area contributed by atoms with Crippen LogP contribution < -0.4 is 10.5 Å². The van der Waals surface area contributed by atoms with Gasteiger partial charge in [0, 0.05) is 12.6 Å². The molecule has 0 aromatic heterocycles. The summed E-state index contributed by atoms with van der Waals surface area (Å²) in [5, 5.41) is 0. The first-order valence-corrected chi connectivity index (χ1v) is 7.00. The molecule has 0 radical (unpaired) electrons. The maximum atomic E-state index is 13.6. The first-order valence-electron chi connectivity index (χ1n) is 7.00. The van der Waals surface area contributed by atoms with Crippen molar-refractivity contribution in [2.24, 2.45) is 11.1 Å². The van der Waals surface area contributed by atoms with Crippen molar-refractivity contribution in [3.63, 3.8) is 0 Å². The van der Waals surface area contributed by atoms with E-state index >= 15 is 0 Å². The maximum absolute atomic E-state index is 13.6. The Bertz CT molecular complexity index is 429. The minimum atomic E-state index is -0.315. The van der Waals surface area contributed by atoms with Crippen molar-refractivity contribution in [1.29, 1.82) is 0 Å². The van der Waals surface area contributed by atoms with Crippen LogP contribution in [0.3, 0.4) is 0 Å². The lowest BCUT2D eigenvalue weighted by molar-refractivity contribution is 0.251. The third-order valence-corrected chi connectivity index (χ3v) is 3.60. The minimum absolute atomic E-state index is 0.118. The molecule has 0 saturated heterocycles. The second-order valence-corrected chi connectivity index (χ2v) is 6.47. The maximum Gasteiger partial charge on any atom is 0.165 e. The van der Waals surface area contributed by atoms with Crippen LogP contribution in [0.2, 0.25) is 0 Å². The zero-order chi connectivity index (χ0) is 15.3. The van der Waals surface area contributed by atoms with E-state index in [2.05, 4.69) is 25.7 Å². The van der Waals surface area contributed by atoms with Crippen LogP contribution in [0.25, 0.3) is 0 Å². The van der Waals surface area contributed by atoms with Crippen molar-refractivity contribution in [2.75, 3.05) is 20.7 Å². The summed E-state index contributed by atoms with van der Waals surface area (Å²) in [5.74, 6) is -0.0315. The molecule has 0 aliphatic carbocycles. The molecule has 20 heavy (non-hydrogen) atoms. The van der Waals surface area contributed by atoms with Crippen LogP contribution in [0.1, 0.15) is 32.8 Å². The molecule has 0 heterocycles. The van der Waals surface area contributed by atoms with Gasteiger partial charge < -0.3 is 15.4 Å². The summed E-state index contributed by atoms with van der Waals surface area (Å²) < 4.78 is 18.5. The SMILES string of the molecule is COc1ccc(CN(C)CCC(N)C(C)(C)C)cc1F. The Morgan fingerprint density at radius 3 is 2.50 bits per heavy atom. The molecule has 1 rings (SSSR count). The molecule has 1 unspecified atom stereocenters. The van der Waals surface area contributed by atoms with E-state index in [-0.39, 0.29) is 23.0 Å². The van der Waals surface area contributed by atoms with Crippen molar-refractivity contribution in [3.8, 4) is 5.75 Å². The van der Waals surface area contributed by atoms with Gasteiger partial charge in [0.15, 0.2) is 11.6 Å². The fraction of sp³-hybridized carbons (Fsp3) is 0.625. The molecule has 0 saturated carbocycles. The second-order valence-electron chi connectivity index (χ2n) is 6.47. The average molecular weight is 282 g/mol. The molecule has 0 aliphatic heterocycles. The van der Waals surface area contributed by atoms with Gasteiger partial charge in [0.05, 0.1) is 7.11 Å². The van der Waals surface area contributed by atoms with E-state index in [0.29, 0.717) is 6.54 Å². The highest BCUT2D eigenvalue weighted by Gasteiger charge is 2.20. The van der Waals surface area contributed by atoms with Gasteiger partial charge in [-0.25, -0.2) is 4.39 Å². The Morgan fingerprint density at radius 1 is 1.35 bits per heavy atom. The van der Waals surface area contributed by atoms with Crippen LogP contribution >= 0.6 is 0 Å². The molecule has 4 heteroatoms. The largest absolute Gasteiger partial charge is 0.494 e. The molecule has 1 aromatic carbocycles. The van der Waals surface area contributed by atoms with Crippen LogP contribution in [-0.2, 0) is 6.54 Å². The van der Waals surface area contributed by atoms with Crippen molar-refractivity contribution in [2.45, 2.75) is 39.8 Å². The fourth-order valence-corrected chi connectivity index (χ4v) is 1.99. The predicted molar refractivity (Wildman–Crippen MR) is 81.3 cm³/mol. The number of hydrogen-bond acceptors (Lipinski definition) is 3. The number of halogens is 1. The van der Waals surface area contributed by atoms with Gasteiger partial charge >= 0.3 is 0 Å². The Labute approximate surface area is 121 Å². The average Bonchev–Trinajstić information content (AvgIpc) is 2.35. The highest BCUT2D eigenvalue weighted by Crippen LogP contribution is 2.21. The van der Waals surface area contributed by atoms with Gasteiger partial charge in [-0.2, -0.15) is 0 Å². The first-order chi connectivity index (χ1) is 9.24. The normalized spacial score (nSPS) is 13.6. The summed E-state index contributed by atoms with van der Waals surface area (Å²) in [7, 11) is 3.50. The molecule has 0 aliphatic rings. The number of nitrogens with two attached hydrogens (primary N) is 1. The van der Waals surface area contributed by atoms with E-state index in [4.69, 9.17) is 10.5 Å². The number of hydrogen-bond donors (Lipinski definition) is 1. The van der Waals surface area contributed by atoms with Gasteiger partial charge in [-0.3, -0.25) is 0 Å². The van der Waals surface area contributed by atoms with Gasteiger partial charge in [-0.1, -0.05) is 26.8 Å². The number of methoxy groups -OCH3 is 1. The topological polar surface area (TPSA) is 38.5 Å². The Morgan fingerprint density at radius 2 is 2.00 bits per heavy atom. The van der Waals surface area contributed by atoms with Crippen molar-refractivity contribution < 1.29 is 9.13 Å². The van der Waals surface area contributed by atoms with Crippen LogP contribution in [0.4, 0.5) is 4.39 Å². The second kappa shape index (κ2) is 7.04. The number of rotatable bonds is 6.